The van der Waals surface area contributed by atoms with Crippen LogP contribution in [0.5, 0.6) is 0 Å². The number of aromatic nitrogens is 2. The summed E-state index contributed by atoms with van der Waals surface area (Å²) in [6, 6.07) is 1.77. The molecule has 0 aromatic carbocycles. The van der Waals surface area contributed by atoms with E-state index in [-0.39, 0.29) is 42.3 Å². The van der Waals surface area contributed by atoms with Crippen LogP contribution in [-0.2, 0) is 19.0 Å². The third-order valence-electron chi connectivity index (χ3n) is 6.01. The van der Waals surface area contributed by atoms with Gasteiger partial charge in [0, 0.05) is 24.8 Å². The van der Waals surface area contributed by atoms with Crippen LogP contribution in [0, 0.1) is 6.92 Å². The van der Waals surface area contributed by atoms with Gasteiger partial charge in [0.2, 0.25) is 0 Å². The smallest absolute Gasteiger partial charge is 1.00 e. The maximum absolute atomic E-state index is 12.9. The molecule has 10 heteroatoms. The van der Waals surface area contributed by atoms with Gasteiger partial charge in [0.1, 0.15) is 11.5 Å². The van der Waals surface area contributed by atoms with Crippen LogP contribution in [-0.4, -0.2) is 64.4 Å². The summed E-state index contributed by atoms with van der Waals surface area (Å²) in [7, 11) is 1.33. The van der Waals surface area contributed by atoms with Crippen molar-refractivity contribution < 1.29 is 59.9 Å². The number of anilines is 1. The molecule has 1 saturated heterocycles. The largest absolute Gasteiger partial charge is 1.00 e. The van der Waals surface area contributed by atoms with Crippen LogP contribution >= 0.6 is 0 Å². The van der Waals surface area contributed by atoms with E-state index in [1.54, 1.807) is 16.5 Å². The van der Waals surface area contributed by atoms with Gasteiger partial charge in [-0.3, -0.25) is 4.40 Å². The zero-order valence-electron chi connectivity index (χ0n) is 22.9. The minimum absolute atomic E-state index is 0. The first kappa shape index (κ1) is 29.3. The Kier molecular flexibility index (Phi) is 9.58. The first-order valence-corrected chi connectivity index (χ1v) is 11.4. The van der Waals surface area contributed by atoms with E-state index in [1.165, 1.54) is 13.3 Å². The number of carboxylic acid groups (broad SMARTS) is 1. The van der Waals surface area contributed by atoms with Crippen molar-refractivity contribution in [2.75, 3.05) is 31.7 Å². The Hall–Kier alpha value is -1.91. The van der Waals surface area contributed by atoms with E-state index >= 15 is 0 Å². The van der Waals surface area contributed by atoms with Crippen molar-refractivity contribution >= 4 is 23.4 Å². The fourth-order valence-corrected chi connectivity index (χ4v) is 4.27. The van der Waals surface area contributed by atoms with E-state index in [9.17, 15) is 14.7 Å². The third-order valence-corrected chi connectivity index (χ3v) is 6.01. The molecule has 1 N–H and O–H groups in total. The summed E-state index contributed by atoms with van der Waals surface area (Å²) >= 11 is 0. The van der Waals surface area contributed by atoms with E-state index in [0.29, 0.717) is 36.7 Å². The number of hydrogen-bond acceptors (Lipinski definition) is 7. The van der Waals surface area contributed by atoms with Crippen molar-refractivity contribution in [3.8, 4) is 0 Å². The van der Waals surface area contributed by atoms with Gasteiger partial charge in [-0.1, -0.05) is 6.08 Å². The summed E-state index contributed by atoms with van der Waals surface area (Å²) in [6.07, 6.45) is 3.73. The second kappa shape index (κ2) is 11.4. The maximum Gasteiger partial charge on any atom is 1.00 e. The minimum Gasteiger partial charge on any atom is -1.00 e. The van der Waals surface area contributed by atoms with Crippen LogP contribution in [0.3, 0.4) is 0 Å². The molecule has 1 unspecified atom stereocenters. The predicted molar refractivity (Wildman–Crippen MR) is 130 cm³/mol. The Morgan fingerprint density at radius 3 is 2.49 bits per heavy atom. The molecule has 0 bridgehead atoms. The van der Waals surface area contributed by atoms with Crippen LogP contribution < -0.4 is 34.5 Å². The fraction of sp³-hybridized carbons (Fsp3) is 0.560. The number of nitrogens with zero attached hydrogens (tertiary/aromatic N) is 3. The number of carboxylic acids is 1. The number of esters is 1. The topological polar surface area (TPSA) is 103 Å². The van der Waals surface area contributed by atoms with E-state index in [1.807, 2.05) is 27.7 Å². The van der Waals surface area contributed by atoms with E-state index in [4.69, 9.17) is 14.2 Å². The molecule has 0 radical (unpaired) electrons. The molecule has 2 aromatic heterocycles. The SMILES string of the molecule is C=CCOC1(C)CCN(c2c(C(OC(C)(C)C)C(=O)OC)c(C)cc3nc(C(=O)O)cn23)CC1.[H-].[Na+]. The molecule has 3 heterocycles. The van der Waals surface area contributed by atoms with Gasteiger partial charge in [0.25, 0.3) is 0 Å². The normalized spacial score (nSPS) is 16.5. The molecule has 1 atom stereocenters. The first-order valence-electron chi connectivity index (χ1n) is 11.4. The van der Waals surface area contributed by atoms with Crippen LogP contribution in [0.4, 0.5) is 5.82 Å². The molecule has 0 spiro atoms. The molecule has 9 nitrogen and oxygen atoms in total. The monoisotopic (exact) mass is 497 g/mol. The van der Waals surface area contributed by atoms with Gasteiger partial charge in [-0.25, -0.2) is 14.6 Å². The number of carbonyl (C=O) groups is 2. The molecule has 1 aliphatic heterocycles. The fourth-order valence-electron chi connectivity index (χ4n) is 4.27. The molecule has 35 heavy (non-hydrogen) atoms. The van der Waals surface area contributed by atoms with Crippen LogP contribution in [0.25, 0.3) is 5.65 Å². The molecule has 0 aliphatic carbocycles. The Labute approximate surface area is 230 Å². The molecular weight excluding hydrogens is 461 g/mol. The van der Waals surface area contributed by atoms with Gasteiger partial charge in [-0.15, -0.1) is 6.58 Å². The molecule has 1 fully saturated rings. The standard InChI is InChI=1S/C25H35N3O6.Na.H/c1-8-13-33-25(6)9-11-27(12-10-25)21-19(20(23(31)32-7)34-24(3,4)5)16(2)14-18-26-17(22(29)30)15-28(18)21;;/h8,14-15,20H,1,9-13H2,2-7H3,(H,29,30);;/q;+1;-1. The average Bonchev–Trinajstić information content (AvgIpc) is 3.19. The van der Waals surface area contributed by atoms with Crippen molar-refractivity contribution in [2.45, 2.75) is 64.8 Å². The second-order valence-electron chi connectivity index (χ2n) is 9.89. The molecule has 0 saturated carbocycles. The Morgan fingerprint density at radius 1 is 1.34 bits per heavy atom. The summed E-state index contributed by atoms with van der Waals surface area (Å²) in [5.41, 5.74) is 0.904. The van der Waals surface area contributed by atoms with Gasteiger partial charge < -0.3 is 25.6 Å². The summed E-state index contributed by atoms with van der Waals surface area (Å²) in [5.74, 6) is -0.956. The van der Waals surface area contributed by atoms with Gasteiger partial charge in [-0.05, 0) is 59.1 Å². The van der Waals surface area contributed by atoms with Crippen LogP contribution in [0.15, 0.2) is 24.9 Å². The number of imidazole rings is 1. The van der Waals surface area contributed by atoms with Gasteiger partial charge in [0.05, 0.1) is 24.9 Å². The number of fused-ring (bicyclic) bond motifs is 1. The summed E-state index contributed by atoms with van der Waals surface area (Å²) in [5, 5.41) is 9.55. The molecule has 1 aliphatic rings. The Morgan fingerprint density at radius 2 is 1.97 bits per heavy atom. The number of ether oxygens (including phenoxy) is 3. The number of pyridine rings is 1. The van der Waals surface area contributed by atoms with Gasteiger partial charge in [-0.2, -0.15) is 0 Å². The maximum atomic E-state index is 12.9. The van der Waals surface area contributed by atoms with Crippen molar-refractivity contribution in [1.82, 2.24) is 9.38 Å². The summed E-state index contributed by atoms with van der Waals surface area (Å²) < 4.78 is 19.1. The Balaban J connectivity index is 0.00000324. The van der Waals surface area contributed by atoms with E-state index < -0.39 is 23.6 Å². The molecular formula is C25H36N3NaO6. The molecule has 0 amide bonds. The number of carbonyl (C=O) groups excluding carboxylic acids is 1. The summed E-state index contributed by atoms with van der Waals surface area (Å²) in [4.78, 5) is 31.0. The molecule has 3 rings (SSSR count). The zero-order valence-corrected chi connectivity index (χ0v) is 23.9. The third kappa shape index (κ3) is 6.65. The van der Waals surface area contributed by atoms with Gasteiger partial charge >= 0.3 is 41.5 Å². The number of piperidine rings is 1. The zero-order chi connectivity index (χ0) is 25.3. The van der Waals surface area contributed by atoms with Gasteiger partial charge in [0.15, 0.2) is 11.8 Å². The molecule has 2 aromatic rings. The average molecular weight is 498 g/mol. The van der Waals surface area contributed by atoms with Crippen molar-refractivity contribution in [2.24, 2.45) is 0 Å². The Bertz CT molecular complexity index is 1090. The van der Waals surface area contributed by atoms with Crippen molar-refractivity contribution in [3.63, 3.8) is 0 Å². The van der Waals surface area contributed by atoms with E-state index in [0.717, 1.165) is 18.4 Å². The number of aryl methyl sites for hydroxylation is 1. The number of rotatable bonds is 8. The first-order chi connectivity index (χ1) is 15.9. The summed E-state index contributed by atoms with van der Waals surface area (Å²) in [6.45, 7) is 15.1. The van der Waals surface area contributed by atoms with Crippen molar-refractivity contribution in [3.05, 3.63) is 41.7 Å². The minimum atomic E-state index is -1.12. The van der Waals surface area contributed by atoms with E-state index in [2.05, 4.69) is 23.4 Å². The number of hydrogen-bond donors (Lipinski definition) is 1. The van der Waals surface area contributed by atoms with Crippen LogP contribution in [0.2, 0.25) is 0 Å². The quantitative estimate of drug-likeness (QED) is 0.328. The van der Waals surface area contributed by atoms with Crippen LogP contribution in [0.1, 0.15) is 69.7 Å². The molecule has 188 valence electrons. The second-order valence-corrected chi connectivity index (χ2v) is 9.89. The predicted octanol–water partition coefficient (Wildman–Crippen LogP) is 1.05. The number of methoxy groups -OCH3 is 1. The van der Waals surface area contributed by atoms with Crippen molar-refractivity contribution in [1.29, 1.82) is 0 Å². The number of aromatic carboxylic acids is 1.